The molecule has 1 heterocycles. The van der Waals surface area contributed by atoms with Gasteiger partial charge in [0, 0.05) is 29.2 Å². The summed E-state index contributed by atoms with van der Waals surface area (Å²) in [6.07, 6.45) is 0. The highest BCUT2D eigenvalue weighted by Gasteiger charge is 2.14. The lowest BCUT2D eigenvalue weighted by molar-refractivity contribution is 0.0774. The first-order chi connectivity index (χ1) is 12.0. The van der Waals surface area contributed by atoms with Gasteiger partial charge in [-0.25, -0.2) is 0 Å². The van der Waals surface area contributed by atoms with Gasteiger partial charge in [-0.1, -0.05) is 23.7 Å². The molecule has 3 rings (SSSR count). The molecule has 0 aliphatic carbocycles. The summed E-state index contributed by atoms with van der Waals surface area (Å²) in [5, 5.41) is 1.66. The van der Waals surface area contributed by atoms with E-state index in [4.69, 9.17) is 16.3 Å². The van der Waals surface area contributed by atoms with E-state index in [2.05, 4.69) is 11.9 Å². The topological polar surface area (TPSA) is 45.3 Å². The lowest BCUT2D eigenvalue weighted by Gasteiger charge is -2.18. The van der Waals surface area contributed by atoms with E-state index in [1.807, 2.05) is 43.3 Å². The van der Waals surface area contributed by atoms with Crippen molar-refractivity contribution >= 4 is 28.4 Å². The minimum atomic E-state index is -0.0251. The molecule has 0 saturated heterocycles. The van der Waals surface area contributed by atoms with Crippen molar-refractivity contribution in [3.05, 3.63) is 64.3 Å². The Labute approximate surface area is 152 Å². The molecular weight excluding hydrogens is 336 g/mol. The molecule has 5 heteroatoms. The normalized spacial score (nSPS) is 10.9. The van der Waals surface area contributed by atoms with Crippen LogP contribution in [0.5, 0.6) is 5.75 Å². The van der Waals surface area contributed by atoms with Gasteiger partial charge in [0.05, 0.1) is 11.6 Å². The Balaban J connectivity index is 1.66. The highest BCUT2D eigenvalue weighted by Crippen LogP contribution is 2.24. The third-order valence-electron chi connectivity index (χ3n) is 4.42. The molecule has 2 aromatic carbocycles. The van der Waals surface area contributed by atoms with Gasteiger partial charge in [-0.15, -0.1) is 0 Å². The van der Waals surface area contributed by atoms with Crippen LogP contribution in [-0.4, -0.2) is 36.0 Å². The lowest BCUT2D eigenvalue weighted by Crippen LogP contribution is -2.30. The highest BCUT2D eigenvalue weighted by molar-refractivity contribution is 6.32. The number of amides is 1. The van der Waals surface area contributed by atoms with Crippen LogP contribution in [-0.2, 0) is 0 Å². The standard InChI is InChI=1S/C20H21ClN2O2/c1-13-14(2)22-18-9-8-15(12-16(13)18)20(24)23(3)10-11-25-19-7-5-4-6-17(19)21/h4-9,12,22H,10-11H2,1-3H3. The maximum Gasteiger partial charge on any atom is 0.253 e. The van der Waals surface area contributed by atoms with Crippen LogP contribution in [0.4, 0.5) is 0 Å². The fraction of sp³-hybridized carbons (Fsp3) is 0.250. The van der Waals surface area contributed by atoms with Crippen molar-refractivity contribution in [1.29, 1.82) is 0 Å². The van der Waals surface area contributed by atoms with Gasteiger partial charge >= 0.3 is 0 Å². The minimum Gasteiger partial charge on any atom is -0.490 e. The van der Waals surface area contributed by atoms with E-state index in [-0.39, 0.29) is 5.91 Å². The van der Waals surface area contributed by atoms with E-state index in [0.29, 0.717) is 29.5 Å². The van der Waals surface area contributed by atoms with Crippen LogP contribution in [0.15, 0.2) is 42.5 Å². The molecule has 25 heavy (non-hydrogen) atoms. The molecule has 130 valence electrons. The van der Waals surface area contributed by atoms with Gasteiger partial charge in [-0.3, -0.25) is 4.79 Å². The van der Waals surface area contributed by atoms with Crippen LogP contribution in [0.2, 0.25) is 5.02 Å². The summed E-state index contributed by atoms with van der Waals surface area (Å²) in [6, 6.07) is 13.1. The number of carbonyl (C=O) groups is 1. The zero-order valence-corrected chi connectivity index (χ0v) is 15.4. The van der Waals surface area contributed by atoms with Crippen LogP contribution in [0.25, 0.3) is 10.9 Å². The Morgan fingerprint density at radius 3 is 2.72 bits per heavy atom. The highest BCUT2D eigenvalue weighted by atomic mass is 35.5. The van der Waals surface area contributed by atoms with Gasteiger partial charge in [-0.05, 0) is 49.7 Å². The van der Waals surface area contributed by atoms with Crippen molar-refractivity contribution < 1.29 is 9.53 Å². The SMILES string of the molecule is Cc1[nH]c2ccc(C(=O)N(C)CCOc3ccccc3Cl)cc2c1C. The quantitative estimate of drug-likeness (QED) is 0.726. The zero-order chi connectivity index (χ0) is 18.0. The predicted octanol–water partition coefficient (Wildman–Crippen LogP) is 4.59. The summed E-state index contributed by atoms with van der Waals surface area (Å²) < 4.78 is 5.66. The molecule has 0 bridgehead atoms. The first-order valence-electron chi connectivity index (χ1n) is 8.19. The fourth-order valence-electron chi connectivity index (χ4n) is 2.77. The van der Waals surface area contributed by atoms with Gasteiger partial charge < -0.3 is 14.6 Å². The van der Waals surface area contributed by atoms with Gasteiger partial charge in [0.1, 0.15) is 12.4 Å². The van der Waals surface area contributed by atoms with Crippen molar-refractivity contribution in [3.63, 3.8) is 0 Å². The molecule has 0 fully saturated rings. The molecule has 0 atom stereocenters. The number of H-pyrrole nitrogens is 1. The summed E-state index contributed by atoms with van der Waals surface area (Å²) in [5.41, 5.74) is 4.03. The van der Waals surface area contributed by atoms with Crippen LogP contribution >= 0.6 is 11.6 Å². The molecule has 0 unspecified atom stereocenters. The Kier molecular flexibility index (Phi) is 5.00. The number of fused-ring (bicyclic) bond motifs is 1. The number of hydrogen-bond acceptors (Lipinski definition) is 2. The number of nitrogens with zero attached hydrogens (tertiary/aromatic N) is 1. The van der Waals surface area contributed by atoms with Crippen molar-refractivity contribution in [3.8, 4) is 5.75 Å². The summed E-state index contributed by atoms with van der Waals surface area (Å²) >= 11 is 6.06. The first-order valence-corrected chi connectivity index (χ1v) is 8.57. The smallest absolute Gasteiger partial charge is 0.253 e. The Hall–Kier alpha value is -2.46. The Morgan fingerprint density at radius 2 is 1.96 bits per heavy atom. The average Bonchev–Trinajstić information content (AvgIpc) is 2.90. The second-order valence-electron chi connectivity index (χ2n) is 6.14. The lowest BCUT2D eigenvalue weighted by atomic mass is 10.1. The molecule has 4 nitrogen and oxygen atoms in total. The number of ether oxygens (including phenoxy) is 1. The van der Waals surface area contributed by atoms with Gasteiger partial charge in [-0.2, -0.15) is 0 Å². The molecular formula is C20H21ClN2O2. The Morgan fingerprint density at radius 1 is 1.20 bits per heavy atom. The van der Waals surface area contributed by atoms with E-state index >= 15 is 0 Å². The first kappa shape index (κ1) is 17.4. The number of aromatic nitrogens is 1. The third kappa shape index (κ3) is 3.64. The second-order valence-corrected chi connectivity index (χ2v) is 6.55. The van der Waals surface area contributed by atoms with Crippen molar-refractivity contribution in [2.45, 2.75) is 13.8 Å². The van der Waals surface area contributed by atoms with Crippen LogP contribution in [0.1, 0.15) is 21.6 Å². The van der Waals surface area contributed by atoms with E-state index in [0.717, 1.165) is 16.6 Å². The summed E-state index contributed by atoms with van der Waals surface area (Å²) in [4.78, 5) is 17.6. The molecule has 0 aliphatic rings. The molecule has 0 spiro atoms. The molecule has 0 aliphatic heterocycles. The number of likely N-dealkylation sites (N-methyl/N-ethyl adjacent to an activating group) is 1. The average molecular weight is 357 g/mol. The molecule has 1 amide bonds. The van der Waals surface area contributed by atoms with Gasteiger partial charge in [0.2, 0.25) is 0 Å². The zero-order valence-electron chi connectivity index (χ0n) is 14.6. The predicted molar refractivity (Wildman–Crippen MR) is 102 cm³/mol. The van der Waals surface area contributed by atoms with E-state index < -0.39 is 0 Å². The van der Waals surface area contributed by atoms with Crippen molar-refractivity contribution in [1.82, 2.24) is 9.88 Å². The van der Waals surface area contributed by atoms with Crippen LogP contribution in [0, 0.1) is 13.8 Å². The number of aryl methyl sites for hydroxylation is 2. The minimum absolute atomic E-state index is 0.0251. The summed E-state index contributed by atoms with van der Waals surface area (Å²) in [5.74, 6) is 0.604. The molecule has 0 saturated carbocycles. The molecule has 0 radical (unpaired) electrons. The van der Waals surface area contributed by atoms with E-state index in [9.17, 15) is 4.79 Å². The fourth-order valence-corrected chi connectivity index (χ4v) is 2.96. The maximum absolute atomic E-state index is 12.6. The number of benzene rings is 2. The van der Waals surface area contributed by atoms with E-state index in [1.165, 1.54) is 5.56 Å². The number of carbonyl (C=O) groups excluding carboxylic acids is 1. The van der Waals surface area contributed by atoms with Crippen LogP contribution in [0.3, 0.4) is 0 Å². The van der Waals surface area contributed by atoms with Gasteiger partial charge in [0.15, 0.2) is 0 Å². The number of hydrogen-bond donors (Lipinski definition) is 1. The molecule has 1 N–H and O–H groups in total. The number of aromatic amines is 1. The monoisotopic (exact) mass is 356 g/mol. The number of rotatable bonds is 5. The largest absolute Gasteiger partial charge is 0.490 e. The summed E-state index contributed by atoms with van der Waals surface area (Å²) in [7, 11) is 1.78. The Bertz CT molecular complexity index is 917. The van der Waals surface area contributed by atoms with Crippen molar-refractivity contribution in [2.24, 2.45) is 0 Å². The third-order valence-corrected chi connectivity index (χ3v) is 4.74. The second kappa shape index (κ2) is 7.19. The summed E-state index contributed by atoms with van der Waals surface area (Å²) in [6.45, 7) is 4.96. The number of nitrogens with one attached hydrogen (secondary N) is 1. The van der Waals surface area contributed by atoms with Crippen molar-refractivity contribution in [2.75, 3.05) is 20.2 Å². The molecule has 3 aromatic rings. The number of para-hydroxylation sites is 1. The molecule has 1 aromatic heterocycles. The van der Waals surface area contributed by atoms with Gasteiger partial charge in [0.25, 0.3) is 5.91 Å². The maximum atomic E-state index is 12.6. The van der Waals surface area contributed by atoms with E-state index in [1.54, 1.807) is 18.0 Å². The number of halogens is 1. The van der Waals surface area contributed by atoms with Crippen LogP contribution < -0.4 is 4.74 Å².